The molecule has 9 heteroatoms. The molecule has 29 heavy (non-hydrogen) atoms. The Morgan fingerprint density at radius 1 is 1.07 bits per heavy atom. The van der Waals surface area contributed by atoms with Gasteiger partial charge in [-0.15, -0.1) is 0 Å². The number of rotatable bonds is 4. The maximum absolute atomic E-state index is 12.9. The van der Waals surface area contributed by atoms with E-state index < -0.39 is 29.4 Å². The fourth-order valence-electron chi connectivity index (χ4n) is 3.21. The van der Waals surface area contributed by atoms with Crippen molar-refractivity contribution in [2.45, 2.75) is 32.8 Å². The van der Waals surface area contributed by atoms with Crippen molar-refractivity contribution in [2.24, 2.45) is 5.84 Å². The van der Waals surface area contributed by atoms with E-state index in [0.29, 0.717) is 27.6 Å². The van der Waals surface area contributed by atoms with Crippen molar-refractivity contribution in [3.8, 4) is 0 Å². The first-order valence-electron chi connectivity index (χ1n) is 9.04. The number of nitrogens with one attached hydrogen (secondary N) is 2. The lowest BCUT2D eigenvalue weighted by molar-refractivity contribution is -0.154. The number of esters is 1. The maximum Gasteiger partial charge on any atom is 0.333 e. The topological polar surface area (TPSA) is 131 Å². The van der Waals surface area contributed by atoms with Crippen molar-refractivity contribution < 1.29 is 23.9 Å². The number of imide groups is 1. The van der Waals surface area contributed by atoms with Crippen LogP contribution in [0.2, 0.25) is 0 Å². The standard InChI is InChI=1S/C20H22N4O5/c1-20(2,3)29-15(25)9-10-24-17(26)12-6-4-5-11-14(22-19(28)23-21)8-7-13(16(11)12)18(24)27/h4-8H,9-10,21H2,1-3H3,(H2,22,23,28). The van der Waals surface area contributed by atoms with Crippen LogP contribution >= 0.6 is 0 Å². The third-order valence-electron chi connectivity index (χ3n) is 4.33. The number of ether oxygens (including phenoxy) is 1. The van der Waals surface area contributed by atoms with E-state index in [0.717, 1.165) is 4.90 Å². The highest BCUT2D eigenvalue weighted by Gasteiger charge is 2.33. The van der Waals surface area contributed by atoms with Gasteiger partial charge in [-0.3, -0.25) is 24.7 Å². The molecule has 2 aromatic rings. The van der Waals surface area contributed by atoms with Crippen molar-refractivity contribution >= 4 is 40.3 Å². The molecule has 0 bridgehead atoms. The molecule has 0 fully saturated rings. The van der Waals surface area contributed by atoms with Crippen LogP contribution in [0, 0.1) is 0 Å². The largest absolute Gasteiger partial charge is 0.460 e. The second kappa shape index (κ2) is 7.51. The summed E-state index contributed by atoms with van der Waals surface area (Å²) >= 11 is 0. The summed E-state index contributed by atoms with van der Waals surface area (Å²) in [4.78, 5) is 50.5. The van der Waals surface area contributed by atoms with E-state index in [-0.39, 0.29) is 13.0 Å². The van der Waals surface area contributed by atoms with Gasteiger partial charge >= 0.3 is 12.0 Å². The van der Waals surface area contributed by atoms with Crippen LogP contribution in [0.1, 0.15) is 47.9 Å². The number of hydrogen-bond acceptors (Lipinski definition) is 6. The van der Waals surface area contributed by atoms with Gasteiger partial charge in [-0.2, -0.15) is 0 Å². The molecule has 2 aromatic carbocycles. The smallest absolute Gasteiger partial charge is 0.333 e. The van der Waals surface area contributed by atoms with E-state index in [9.17, 15) is 19.2 Å². The number of nitrogens with zero attached hydrogens (tertiary/aromatic N) is 1. The monoisotopic (exact) mass is 398 g/mol. The van der Waals surface area contributed by atoms with E-state index >= 15 is 0 Å². The molecule has 1 aliphatic rings. The van der Waals surface area contributed by atoms with Crippen LogP contribution in [0.5, 0.6) is 0 Å². The second-order valence-electron chi connectivity index (χ2n) is 7.59. The summed E-state index contributed by atoms with van der Waals surface area (Å²) in [6, 6.07) is 7.44. The highest BCUT2D eigenvalue weighted by Crippen LogP contribution is 2.34. The van der Waals surface area contributed by atoms with Crippen molar-refractivity contribution in [3.05, 3.63) is 41.5 Å². The average molecular weight is 398 g/mol. The molecule has 0 aliphatic carbocycles. The van der Waals surface area contributed by atoms with Crippen molar-refractivity contribution in [3.63, 3.8) is 0 Å². The van der Waals surface area contributed by atoms with E-state index in [1.165, 1.54) is 6.07 Å². The van der Waals surface area contributed by atoms with Gasteiger partial charge in [0.2, 0.25) is 0 Å². The SMILES string of the molecule is CC(C)(C)OC(=O)CCN1C(=O)c2cccc3c(NC(=O)NN)ccc(c23)C1=O. The number of benzene rings is 2. The molecule has 152 valence electrons. The zero-order chi connectivity index (χ0) is 21.3. The average Bonchev–Trinajstić information content (AvgIpc) is 2.65. The van der Waals surface area contributed by atoms with Crippen LogP contribution in [-0.4, -0.2) is 40.9 Å². The van der Waals surface area contributed by atoms with Gasteiger partial charge in [-0.1, -0.05) is 12.1 Å². The Kier molecular flexibility index (Phi) is 5.25. The van der Waals surface area contributed by atoms with Crippen molar-refractivity contribution in [1.82, 2.24) is 10.3 Å². The van der Waals surface area contributed by atoms with E-state index in [2.05, 4.69) is 5.32 Å². The second-order valence-corrected chi connectivity index (χ2v) is 7.59. The van der Waals surface area contributed by atoms with Gasteiger partial charge < -0.3 is 10.1 Å². The van der Waals surface area contributed by atoms with Crippen molar-refractivity contribution in [1.29, 1.82) is 0 Å². The number of nitrogens with two attached hydrogens (primary N) is 1. The van der Waals surface area contributed by atoms with Crippen LogP contribution < -0.4 is 16.6 Å². The van der Waals surface area contributed by atoms with Crippen LogP contribution in [-0.2, 0) is 9.53 Å². The summed E-state index contributed by atoms with van der Waals surface area (Å²) in [5.41, 5.74) is 2.37. The zero-order valence-corrected chi connectivity index (χ0v) is 16.4. The Labute approximate surface area is 167 Å². The fraction of sp³-hybridized carbons (Fsp3) is 0.300. The molecule has 9 nitrogen and oxygen atoms in total. The van der Waals surface area contributed by atoms with Gasteiger partial charge in [-0.25, -0.2) is 10.6 Å². The highest BCUT2D eigenvalue weighted by atomic mass is 16.6. The summed E-state index contributed by atoms with van der Waals surface area (Å²) in [6.45, 7) is 5.15. The molecule has 0 unspecified atom stereocenters. The molecular formula is C20H22N4O5. The molecule has 0 aromatic heterocycles. The first-order valence-corrected chi connectivity index (χ1v) is 9.04. The van der Waals surface area contributed by atoms with Gasteiger partial charge in [0.1, 0.15) is 5.60 Å². The number of hydrazine groups is 1. The third kappa shape index (κ3) is 4.04. The molecular weight excluding hydrogens is 376 g/mol. The number of carbonyl (C=O) groups is 4. The molecule has 4 amide bonds. The van der Waals surface area contributed by atoms with Crippen LogP contribution in [0.3, 0.4) is 0 Å². The lowest BCUT2D eigenvalue weighted by Crippen LogP contribution is -2.42. The van der Waals surface area contributed by atoms with Crippen LogP contribution in [0.4, 0.5) is 10.5 Å². The van der Waals surface area contributed by atoms with Gasteiger partial charge in [0.05, 0.1) is 12.1 Å². The molecule has 0 saturated heterocycles. The molecule has 0 radical (unpaired) electrons. The number of urea groups is 1. The quantitative estimate of drug-likeness (QED) is 0.238. The lowest BCUT2D eigenvalue weighted by atomic mass is 9.93. The Bertz CT molecular complexity index is 1000. The minimum Gasteiger partial charge on any atom is -0.460 e. The Morgan fingerprint density at radius 3 is 2.34 bits per heavy atom. The number of hydrogen-bond donors (Lipinski definition) is 3. The minimum absolute atomic E-state index is 0.0853. The molecule has 1 aliphatic heterocycles. The van der Waals surface area contributed by atoms with Crippen molar-refractivity contribution in [2.75, 3.05) is 11.9 Å². The summed E-state index contributed by atoms with van der Waals surface area (Å²) in [5, 5.41) is 3.56. The van der Waals surface area contributed by atoms with E-state index in [1.807, 2.05) is 5.43 Å². The molecule has 0 atom stereocenters. The summed E-state index contributed by atoms with van der Waals surface area (Å²) in [6.07, 6.45) is -0.101. The van der Waals surface area contributed by atoms with Gasteiger partial charge in [0.25, 0.3) is 11.8 Å². The summed E-state index contributed by atoms with van der Waals surface area (Å²) in [5.74, 6) is 3.61. The Balaban J connectivity index is 1.93. The summed E-state index contributed by atoms with van der Waals surface area (Å²) < 4.78 is 5.25. The van der Waals surface area contributed by atoms with Gasteiger partial charge in [0.15, 0.2) is 0 Å². The molecule has 3 rings (SSSR count). The maximum atomic E-state index is 12.9. The first kappa shape index (κ1) is 20.3. The Hall–Kier alpha value is -3.46. The molecule has 0 spiro atoms. The third-order valence-corrected chi connectivity index (χ3v) is 4.33. The predicted octanol–water partition coefficient (Wildman–Crippen LogP) is 2.16. The first-order chi connectivity index (χ1) is 13.6. The lowest BCUT2D eigenvalue weighted by Gasteiger charge is -2.28. The minimum atomic E-state index is -0.648. The molecule has 1 heterocycles. The Morgan fingerprint density at radius 2 is 1.72 bits per heavy atom. The number of anilines is 1. The molecule has 0 saturated carbocycles. The van der Waals surface area contributed by atoms with Crippen LogP contribution in [0.25, 0.3) is 10.8 Å². The summed E-state index contributed by atoms with van der Waals surface area (Å²) in [7, 11) is 0. The van der Waals surface area contributed by atoms with Gasteiger partial charge in [-0.05, 0) is 39.0 Å². The normalized spacial score (nSPS) is 13.4. The number of amides is 4. The number of carbonyl (C=O) groups excluding carboxylic acids is 4. The highest BCUT2D eigenvalue weighted by molar-refractivity contribution is 6.27. The van der Waals surface area contributed by atoms with E-state index in [1.54, 1.807) is 45.0 Å². The predicted molar refractivity (Wildman–Crippen MR) is 106 cm³/mol. The van der Waals surface area contributed by atoms with Crippen LogP contribution in [0.15, 0.2) is 30.3 Å². The van der Waals surface area contributed by atoms with Gasteiger partial charge in [0, 0.05) is 28.4 Å². The fourth-order valence-corrected chi connectivity index (χ4v) is 3.21. The zero-order valence-electron chi connectivity index (χ0n) is 16.4. The van der Waals surface area contributed by atoms with E-state index in [4.69, 9.17) is 10.6 Å². The molecule has 4 N–H and O–H groups in total.